The van der Waals surface area contributed by atoms with Crippen LogP contribution >= 0.6 is 11.6 Å². The van der Waals surface area contributed by atoms with Gasteiger partial charge in [-0.3, -0.25) is 0 Å². The molecule has 0 aliphatic heterocycles. The molecule has 0 radical (unpaired) electrons. The highest BCUT2D eigenvalue weighted by molar-refractivity contribution is 6.18. The van der Waals surface area contributed by atoms with Gasteiger partial charge in [0.05, 0.1) is 0 Å². The first kappa shape index (κ1) is 11.2. The second-order valence-electron chi connectivity index (χ2n) is 2.65. The molecule has 0 saturated carbocycles. The average Bonchev–Trinajstić information content (AvgIpc) is 2.02. The van der Waals surface area contributed by atoms with Gasteiger partial charge in [-0.05, 0) is 6.42 Å². The molecule has 0 rings (SSSR count). The van der Waals surface area contributed by atoms with Crippen LogP contribution in [0.4, 0.5) is 4.79 Å². The summed E-state index contributed by atoms with van der Waals surface area (Å²) in [4.78, 5) is 20.4. The van der Waals surface area contributed by atoms with Crippen molar-refractivity contribution in [1.29, 1.82) is 0 Å². The number of rotatable bonds is 5. The van der Waals surface area contributed by atoms with Crippen molar-refractivity contribution in [2.45, 2.75) is 19.4 Å². The number of nitrogens with one attached hydrogen (secondary N) is 1. The number of hydrogen-bond acceptors (Lipinski definition) is 2. The molecule has 2 atom stereocenters. The Morgan fingerprint density at radius 2 is 2.33 bits per heavy atom. The molecule has 0 aromatic carbocycles. The minimum absolute atomic E-state index is 0.166. The third-order valence-corrected chi connectivity index (χ3v) is 1.77. The van der Waals surface area contributed by atoms with E-state index in [-0.39, 0.29) is 17.8 Å². The summed E-state index contributed by atoms with van der Waals surface area (Å²) < 4.78 is 0. The summed E-state index contributed by atoms with van der Waals surface area (Å²) in [6.07, 6.45) is 0.112. The Labute approximate surface area is 75.9 Å². The van der Waals surface area contributed by atoms with Crippen LogP contribution in [0.3, 0.4) is 0 Å². The quantitative estimate of drug-likeness (QED) is 0.507. The van der Waals surface area contributed by atoms with E-state index in [2.05, 4.69) is 5.32 Å². The summed E-state index contributed by atoms with van der Waals surface area (Å²) in [6.45, 7) is 1.72. The Morgan fingerprint density at radius 3 is 2.67 bits per heavy atom. The molecule has 0 saturated heterocycles. The number of alkyl halides is 1. The van der Waals surface area contributed by atoms with E-state index in [4.69, 9.17) is 16.7 Å². The molecule has 0 bridgehead atoms. The standard InChI is InChI=1S/C7H12ClNO3/c1-5(4-10)2-6(3-8)9-7(11)12/h4-6,9H,2-3H2,1H3,(H,11,12). The highest BCUT2D eigenvalue weighted by atomic mass is 35.5. The summed E-state index contributed by atoms with van der Waals surface area (Å²) in [7, 11) is 0. The number of halogens is 1. The SMILES string of the molecule is CC(C=O)CC(CCl)NC(=O)O. The molecule has 0 spiro atoms. The topological polar surface area (TPSA) is 66.4 Å². The lowest BCUT2D eigenvalue weighted by atomic mass is 10.1. The van der Waals surface area contributed by atoms with Crippen molar-refractivity contribution >= 4 is 24.0 Å². The molecule has 5 heteroatoms. The maximum Gasteiger partial charge on any atom is 0.404 e. The van der Waals surface area contributed by atoms with E-state index in [1.807, 2.05) is 0 Å². The molecule has 0 heterocycles. The van der Waals surface area contributed by atoms with Gasteiger partial charge in [-0.2, -0.15) is 0 Å². The van der Waals surface area contributed by atoms with Crippen molar-refractivity contribution in [2.24, 2.45) is 5.92 Å². The summed E-state index contributed by atoms with van der Waals surface area (Å²) >= 11 is 5.47. The largest absolute Gasteiger partial charge is 0.465 e. The van der Waals surface area contributed by atoms with Gasteiger partial charge in [0, 0.05) is 17.8 Å². The molecule has 0 aliphatic carbocycles. The van der Waals surface area contributed by atoms with E-state index in [0.717, 1.165) is 6.29 Å². The zero-order valence-electron chi connectivity index (χ0n) is 6.79. The summed E-state index contributed by atoms with van der Waals surface area (Å²) in [5.74, 6) is 0.0189. The van der Waals surface area contributed by atoms with Crippen molar-refractivity contribution in [3.05, 3.63) is 0 Å². The number of aldehydes is 1. The Balaban J connectivity index is 3.81. The van der Waals surface area contributed by atoms with E-state index in [1.54, 1.807) is 6.92 Å². The first-order valence-corrected chi connectivity index (χ1v) is 4.14. The van der Waals surface area contributed by atoms with E-state index < -0.39 is 6.09 Å². The number of amides is 1. The van der Waals surface area contributed by atoms with Crippen molar-refractivity contribution in [3.8, 4) is 0 Å². The monoisotopic (exact) mass is 193 g/mol. The molecule has 0 aliphatic rings. The Bertz CT molecular complexity index is 163. The summed E-state index contributed by atoms with van der Waals surface area (Å²) in [5, 5.41) is 10.6. The summed E-state index contributed by atoms with van der Waals surface area (Å²) in [6, 6.07) is -0.343. The average molecular weight is 194 g/mol. The Kier molecular flexibility index (Phi) is 5.45. The molecule has 1 amide bonds. The first-order valence-electron chi connectivity index (χ1n) is 3.60. The smallest absolute Gasteiger partial charge is 0.404 e. The van der Waals surface area contributed by atoms with Gasteiger partial charge in [0.15, 0.2) is 0 Å². The lowest BCUT2D eigenvalue weighted by Gasteiger charge is -2.14. The first-order chi connectivity index (χ1) is 5.60. The van der Waals surface area contributed by atoms with Gasteiger partial charge in [0.2, 0.25) is 0 Å². The van der Waals surface area contributed by atoms with Crippen LogP contribution in [0.15, 0.2) is 0 Å². The summed E-state index contributed by atoms with van der Waals surface area (Å²) in [5.41, 5.74) is 0. The van der Waals surface area contributed by atoms with Gasteiger partial charge in [-0.1, -0.05) is 6.92 Å². The van der Waals surface area contributed by atoms with Crippen LogP contribution in [0.5, 0.6) is 0 Å². The molecule has 2 unspecified atom stereocenters. The Morgan fingerprint density at radius 1 is 1.75 bits per heavy atom. The van der Waals surface area contributed by atoms with Crippen molar-refractivity contribution in [3.63, 3.8) is 0 Å². The zero-order chi connectivity index (χ0) is 9.56. The van der Waals surface area contributed by atoms with Gasteiger partial charge in [-0.25, -0.2) is 4.79 Å². The predicted octanol–water partition coefficient (Wildman–Crippen LogP) is 1.09. The maximum atomic E-state index is 10.2. The molecule has 12 heavy (non-hydrogen) atoms. The lowest BCUT2D eigenvalue weighted by Crippen LogP contribution is -2.36. The van der Waals surface area contributed by atoms with Crippen LogP contribution in [0, 0.1) is 5.92 Å². The van der Waals surface area contributed by atoms with Gasteiger partial charge in [0.1, 0.15) is 6.29 Å². The zero-order valence-corrected chi connectivity index (χ0v) is 7.54. The molecule has 70 valence electrons. The number of carboxylic acid groups (broad SMARTS) is 1. The molecule has 0 aromatic heterocycles. The molecule has 0 aromatic rings. The van der Waals surface area contributed by atoms with Crippen LogP contribution < -0.4 is 5.32 Å². The van der Waals surface area contributed by atoms with Gasteiger partial charge < -0.3 is 15.2 Å². The molecule has 2 N–H and O–H groups in total. The van der Waals surface area contributed by atoms with Gasteiger partial charge >= 0.3 is 6.09 Å². The second-order valence-corrected chi connectivity index (χ2v) is 2.96. The highest BCUT2D eigenvalue weighted by Crippen LogP contribution is 2.04. The van der Waals surface area contributed by atoms with Crippen LogP contribution in [-0.4, -0.2) is 29.4 Å². The number of carbonyl (C=O) groups excluding carboxylic acids is 1. The van der Waals surface area contributed by atoms with Crippen molar-refractivity contribution in [2.75, 3.05) is 5.88 Å². The molecular weight excluding hydrogens is 182 g/mol. The van der Waals surface area contributed by atoms with E-state index in [9.17, 15) is 9.59 Å². The number of carbonyl (C=O) groups is 2. The van der Waals surface area contributed by atoms with Crippen molar-refractivity contribution < 1.29 is 14.7 Å². The van der Waals surface area contributed by atoms with Crippen LogP contribution in [0.1, 0.15) is 13.3 Å². The van der Waals surface area contributed by atoms with Crippen molar-refractivity contribution in [1.82, 2.24) is 5.32 Å². The van der Waals surface area contributed by atoms with E-state index in [1.165, 1.54) is 0 Å². The van der Waals surface area contributed by atoms with Gasteiger partial charge in [-0.15, -0.1) is 11.6 Å². The van der Waals surface area contributed by atoms with Crippen LogP contribution in [0.2, 0.25) is 0 Å². The third kappa shape index (κ3) is 4.96. The second kappa shape index (κ2) is 5.83. The normalized spacial score (nSPS) is 14.8. The van der Waals surface area contributed by atoms with Crippen LogP contribution in [0.25, 0.3) is 0 Å². The third-order valence-electron chi connectivity index (χ3n) is 1.40. The fourth-order valence-corrected chi connectivity index (χ4v) is 1.04. The molecule has 4 nitrogen and oxygen atoms in total. The maximum absolute atomic E-state index is 10.2. The van der Waals surface area contributed by atoms with Crippen LogP contribution in [-0.2, 0) is 4.79 Å². The fourth-order valence-electron chi connectivity index (χ4n) is 0.839. The molecule has 0 fully saturated rings. The van der Waals surface area contributed by atoms with E-state index in [0.29, 0.717) is 6.42 Å². The fraction of sp³-hybridized carbons (Fsp3) is 0.714. The minimum atomic E-state index is -1.11. The highest BCUT2D eigenvalue weighted by Gasteiger charge is 2.13. The Hall–Kier alpha value is -0.770. The minimum Gasteiger partial charge on any atom is -0.465 e. The lowest BCUT2D eigenvalue weighted by molar-refractivity contribution is -0.110. The van der Waals surface area contributed by atoms with E-state index >= 15 is 0 Å². The molecular formula is C7H12ClNO3. The van der Waals surface area contributed by atoms with Gasteiger partial charge in [0.25, 0.3) is 0 Å². The number of hydrogen-bond donors (Lipinski definition) is 2. The predicted molar refractivity (Wildman–Crippen MR) is 45.5 cm³/mol.